The summed E-state index contributed by atoms with van der Waals surface area (Å²) in [6.07, 6.45) is 4.04. The van der Waals surface area contributed by atoms with Gasteiger partial charge < -0.3 is 4.74 Å². The van der Waals surface area contributed by atoms with Crippen LogP contribution in [0, 0.1) is 0 Å². The zero-order valence-electron chi connectivity index (χ0n) is 15.6. The Labute approximate surface area is 164 Å². The lowest BCUT2D eigenvalue weighted by Gasteiger charge is -2.08. The molecule has 0 aliphatic rings. The topological polar surface area (TPSA) is 67.4 Å². The zero-order valence-corrected chi connectivity index (χ0v) is 15.6. The van der Waals surface area contributed by atoms with E-state index >= 15 is 0 Å². The molecule has 0 aromatic heterocycles. The van der Waals surface area contributed by atoms with Crippen LogP contribution in [-0.4, -0.2) is 18.4 Å². The first-order valence-electron chi connectivity index (χ1n) is 9.12. The zero-order chi connectivity index (χ0) is 19.8. The van der Waals surface area contributed by atoms with Crippen LogP contribution in [0.4, 0.5) is 0 Å². The minimum Gasteiger partial charge on any atom is -0.484 e. The van der Waals surface area contributed by atoms with E-state index in [2.05, 4.69) is 17.8 Å². The van der Waals surface area contributed by atoms with Crippen molar-refractivity contribution in [1.82, 2.24) is 10.9 Å². The number of ether oxygens (including phenoxy) is 1. The number of carbonyl (C=O) groups is 2. The van der Waals surface area contributed by atoms with E-state index in [9.17, 15) is 9.59 Å². The maximum Gasteiger partial charge on any atom is 0.276 e. The van der Waals surface area contributed by atoms with Gasteiger partial charge in [-0.15, -0.1) is 0 Å². The number of aryl methyl sites for hydroxylation is 1. The van der Waals surface area contributed by atoms with Crippen LogP contribution in [0.1, 0.15) is 18.1 Å². The lowest BCUT2D eigenvalue weighted by atomic mass is 10.0. The highest BCUT2D eigenvalue weighted by molar-refractivity contribution is 5.97. The number of hydrogen-bond donors (Lipinski definition) is 2. The van der Waals surface area contributed by atoms with Crippen molar-refractivity contribution in [3.63, 3.8) is 0 Å². The molecule has 0 aliphatic carbocycles. The molecule has 2 amide bonds. The molecule has 28 heavy (non-hydrogen) atoms. The molecule has 0 heterocycles. The first kappa shape index (κ1) is 19.2. The molecule has 0 fully saturated rings. The third-order valence-electron chi connectivity index (χ3n) is 4.26. The van der Waals surface area contributed by atoms with Crippen molar-refractivity contribution < 1.29 is 14.3 Å². The quantitative estimate of drug-likeness (QED) is 0.511. The van der Waals surface area contributed by atoms with Crippen molar-refractivity contribution >= 4 is 28.7 Å². The highest BCUT2D eigenvalue weighted by Crippen LogP contribution is 2.19. The largest absolute Gasteiger partial charge is 0.484 e. The van der Waals surface area contributed by atoms with E-state index < -0.39 is 11.8 Å². The predicted octanol–water partition coefficient (Wildman–Crippen LogP) is 3.64. The molecule has 3 rings (SSSR count). The Bertz CT molecular complexity index is 989. The van der Waals surface area contributed by atoms with Gasteiger partial charge in [0.05, 0.1) is 0 Å². The van der Waals surface area contributed by atoms with Gasteiger partial charge in [0.1, 0.15) is 5.75 Å². The van der Waals surface area contributed by atoms with Crippen molar-refractivity contribution in [3.05, 3.63) is 83.9 Å². The standard InChI is InChI=1S/C23H22N2O3/c1-2-17-10-13-20(14-11-17)28-16-23(27)25-24-22(26)15-12-19-8-5-7-18-6-3-4-9-21(18)19/h3-15H,2,16H2,1H3,(H,24,26)(H,25,27)/b15-12+. The Morgan fingerprint density at radius 3 is 2.46 bits per heavy atom. The van der Waals surface area contributed by atoms with Crippen LogP contribution in [0.2, 0.25) is 0 Å². The third kappa shape index (κ3) is 5.20. The molecule has 142 valence electrons. The number of fused-ring (bicyclic) bond motifs is 1. The Kier molecular flexibility index (Phi) is 6.41. The van der Waals surface area contributed by atoms with E-state index in [4.69, 9.17) is 4.74 Å². The van der Waals surface area contributed by atoms with Crippen LogP contribution in [0.3, 0.4) is 0 Å². The molecule has 5 nitrogen and oxygen atoms in total. The minimum absolute atomic E-state index is 0.182. The van der Waals surface area contributed by atoms with E-state index in [1.807, 2.05) is 66.7 Å². The second kappa shape index (κ2) is 9.37. The molecule has 0 spiro atoms. The number of nitrogens with one attached hydrogen (secondary N) is 2. The molecule has 5 heteroatoms. The van der Waals surface area contributed by atoms with E-state index in [0.29, 0.717) is 5.75 Å². The van der Waals surface area contributed by atoms with Gasteiger partial charge in [0.15, 0.2) is 6.61 Å². The summed E-state index contributed by atoms with van der Waals surface area (Å²) in [5.74, 6) is -0.255. The van der Waals surface area contributed by atoms with Gasteiger partial charge in [-0.1, -0.05) is 61.5 Å². The summed E-state index contributed by atoms with van der Waals surface area (Å²) in [4.78, 5) is 23.8. The number of rotatable bonds is 6. The number of hydrogen-bond acceptors (Lipinski definition) is 3. The van der Waals surface area contributed by atoms with E-state index in [-0.39, 0.29) is 6.61 Å². The number of benzene rings is 3. The SMILES string of the molecule is CCc1ccc(OCC(=O)NNC(=O)/C=C/c2cccc3ccccc23)cc1. The molecule has 2 N–H and O–H groups in total. The molecule has 0 radical (unpaired) electrons. The van der Waals surface area contributed by atoms with Crippen molar-refractivity contribution in [2.75, 3.05) is 6.61 Å². The first-order valence-corrected chi connectivity index (χ1v) is 9.12. The molecule has 0 bridgehead atoms. The van der Waals surface area contributed by atoms with Crippen LogP contribution in [0.5, 0.6) is 5.75 Å². The van der Waals surface area contributed by atoms with Gasteiger partial charge in [-0.25, -0.2) is 0 Å². The van der Waals surface area contributed by atoms with Gasteiger partial charge in [0.2, 0.25) is 0 Å². The number of amides is 2. The molecule has 0 aliphatic heterocycles. The molecular formula is C23H22N2O3. The molecule has 0 saturated heterocycles. The van der Waals surface area contributed by atoms with Crippen molar-refractivity contribution in [1.29, 1.82) is 0 Å². The van der Waals surface area contributed by atoms with E-state index in [0.717, 1.165) is 22.8 Å². The third-order valence-corrected chi connectivity index (χ3v) is 4.26. The first-order chi connectivity index (χ1) is 13.7. The summed E-state index contributed by atoms with van der Waals surface area (Å²) in [6.45, 7) is 1.89. The van der Waals surface area contributed by atoms with Crippen LogP contribution >= 0.6 is 0 Å². The summed E-state index contributed by atoms with van der Waals surface area (Å²) in [6, 6.07) is 21.4. The molecular weight excluding hydrogens is 352 g/mol. The average Bonchev–Trinajstić information content (AvgIpc) is 2.75. The fraction of sp³-hybridized carbons (Fsp3) is 0.130. The van der Waals surface area contributed by atoms with Crippen molar-refractivity contribution in [3.8, 4) is 5.75 Å². The molecule has 0 unspecified atom stereocenters. The normalized spacial score (nSPS) is 10.8. The van der Waals surface area contributed by atoms with E-state index in [1.54, 1.807) is 6.08 Å². The summed E-state index contributed by atoms with van der Waals surface area (Å²) >= 11 is 0. The lowest BCUT2D eigenvalue weighted by molar-refractivity contribution is -0.128. The van der Waals surface area contributed by atoms with Gasteiger partial charge in [0, 0.05) is 6.08 Å². The Morgan fingerprint density at radius 1 is 0.929 bits per heavy atom. The monoisotopic (exact) mass is 374 g/mol. The van der Waals surface area contributed by atoms with Crippen molar-refractivity contribution in [2.24, 2.45) is 0 Å². The van der Waals surface area contributed by atoms with Crippen LogP contribution in [0.15, 0.2) is 72.8 Å². The number of hydrazine groups is 1. The predicted molar refractivity (Wildman–Crippen MR) is 111 cm³/mol. The highest BCUT2D eigenvalue weighted by Gasteiger charge is 2.04. The average molecular weight is 374 g/mol. The van der Waals surface area contributed by atoms with Crippen LogP contribution in [0.25, 0.3) is 16.8 Å². The fourth-order valence-corrected chi connectivity index (χ4v) is 2.74. The Hall–Kier alpha value is -3.60. The molecule has 0 atom stereocenters. The maximum atomic E-state index is 11.9. The van der Waals surface area contributed by atoms with Gasteiger partial charge in [0.25, 0.3) is 11.8 Å². The van der Waals surface area contributed by atoms with Gasteiger partial charge in [-0.2, -0.15) is 0 Å². The second-order valence-corrected chi connectivity index (χ2v) is 6.23. The van der Waals surface area contributed by atoms with Gasteiger partial charge in [-0.3, -0.25) is 20.4 Å². The fourth-order valence-electron chi connectivity index (χ4n) is 2.74. The molecule has 3 aromatic carbocycles. The van der Waals surface area contributed by atoms with Crippen LogP contribution in [-0.2, 0) is 16.0 Å². The van der Waals surface area contributed by atoms with Gasteiger partial charge >= 0.3 is 0 Å². The van der Waals surface area contributed by atoms with Gasteiger partial charge in [-0.05, 0) is 46.5 Å². The maximum absolute atomic E-state index is 11.9. The lowest BCUT2D eigenvalue weighted by Crippen LogP contribution is -2.43. The summed E-state index contributed by atoms with van der Waals surface area (Å²) < 4.78 is 5.40. The number of carbonyl (C=O) groups excluding carboxylic acids is 2. The van der Waals surface area contributed by atoms with E-state index in [1.165, 1.54) is 11.6 Å². The van der Waals surface area contributed by atoms with Crippen LogP contribution < -0.4 is 15.6 Å². The van der Waals surface area contributed by atoms with Crippen molar-refractivity contribution in [2.45, 2.75) is 13.3 Å². The smallest absolute Gasteiger partial charge is 0.276 e. The summed E-state index contributed by atoms with van der Waals surface area (Å²) in [5.41, 5.74) is 6.81. The summed E-state index contributed by atoms with van der Waals surface area (Å²) in [7, 11) is 0. The Balaban J connectivity index is 1.48. The minimum atomic E-state index is -0.438. The second-order valence-electron chi connectivity index (χ2n) is 6.23. The molecule has 0 saturated carbocycles. The highest BCUT2D eigenvalue weighted by atomic mass is 16.5. The Morgan fingerprint density at radius 2 is 1.68 bits per heavy atom. The molecule has 3 aromatic rings. The summed E-state index contributed by atoms with van der Waals surface area (Å²) in [5, 5.41) is 2.16.